The summed E-state index contributed by atoms with van der Waals surface area (Å²) < 4.78 is 11.1. The standard InChI is InChI=1S/C30H35N5O7/c1-30(2,3)42-16-25(27(37)35-24(28(38)39)12-18-13-31-17-33-18)34-26(36)14-32-29(40)41-15-23-21-10-6-4-8-19(21)20-9-5-7-11-22(20)23/h4-11,13,17,23-25H,12,14-16H2,1-3H3,(H,31,33)(H,32,40)(H,34,36)(H,35,37)(H,38,39)/t24-,25-/m0/s1. The number of carbonyl (C=O) groups excluding carboxylic acids is 3. The molecular weight excluding hydrogens is 542 g/mol. The molecule has 2 atom stereocenters. The molecule has 12 heteroatoms. The fourth-order valence-corrected chi connectivity index (χ4v) is 4.65. The summed E-state index contributed by atoms with van der Waals surface area (Å²) in [5.41, 5.74) is 4.12. The number of carboxylic acids is 1. The molecule has 12 nitrogen and oxygen atoms in total. The van der Waals surface area contributed by atoms with Crippen LogP contribution in [0.3, 0.4) is 0 Å². The summed E-state index contributed by atoms with van der Waals surface area (Å²) in [7, 11) is 0. The lowest BCUT2D eigenvalue weighted by Gasteiger charge is -2.26. The molecule has 0 radical (unpaired) electrons. The lowest BCUT2D eigenvalue weighted by Crippen LogP contribution is -2.55. The number of H-pyrrole nitrogens is 1. The van der Waals surface area contributed by atoms with Gasteiger partial charge in [-0.2, -0.15) is 0 Å². The van der Waals surface area contributed by atoms with Crippen LogP contribution in [0.5, 0.6) is 0 Å². The summed E-state index contributed by atoms with van der Waals surface area (Å²) in [5.74, 6) is -2.83. The highest BCUT2D eigenvalue weighted by molar-refractivity contribution is 5.91. The van der Waals surface area contributed by atoms with Crippen molar-refractivity contribution in [1.82, 2.24) is 25.9 Å². The van der Waals surface area contributed by atoms with Crippen molar-refractivity contribution >= 4 is 23.9 Å². The Morgan fingerprint density at radius 1 is 0.976 bits per heavy atom. The summed E-state index contributed by atoms with van der Waals surface area (Å²) in [6, 6.07) is 13.4. The highest BCUT2D eigenvalue weighted by atomic mass is 16.5. The minimum Gasteiger partial charge on any atom is -0.480 e. The number of hydrogen-bond acceptors (Lipinski definition) is 7. The Balaban J connectivity index is 1.32. The highest BCUT2D eigenvalue weighted by Crippen LogP contribution is 2.44. The third-order valence-corrected chi connectivity index (χ3v) is 6.65. The molecule has 1 aromatic heterocycles. The molecule has 0 bridgehead atoms. The Morgan fingerprint density at radius 3 is 2.19 bits per heavy atom. The van der Waals surface area contributed by atoms with E-state index in [-0.39, 0.29) is 25.6 Å². The number of carbonyl (C=O) groups is 4. The van der Waals surface area contributed by atoms with E-state index >= 15 is 0 Å². The van der Waals surface area contributed by atoms with Gasteiger partial charge in [0.1, 0.15) is 25.2 Å². The van der Waals surface area contributed by atoms with E-state index in [4.69, 9.17) is 9.47 Å². The molecule has 1 aliphatic rings. The average Bonchev–Trinajstić information content (AvgIpc) is 3.58. The minimum atomic E-state index is -1.28. The number of aromatic amines is 1. The van der Waals surface area contributed by atoms with Gasteiger partial charge in [0.25, 0.3) is 0 Å². The molecule has 0 saturated carbocycles. The Labute approximate surface area is 243 Å². The Hall–Kier alpha value is -4.71. The number of ether oxygens (including phenoxy) is 2. The number of nitrogens with one attached hydrogen (secondary N) is 4. The van der Waals surface area contributed by atoms with E-state index in [0.29, 0.717) is 5.69 Å². The molecule has 3 aromatic rings. The van der Waals surface area contributed by atoms with Gasteiger partial charge >= 0.3 is 12.1 Å². The van der Waals surface area contributed by atoms with Crippen molar-refractivity contribution in [2.75, 3.05) is 19.8 Å². The van der Waals surface area contributed by atoms with Crippen molar-refractivity contribution in [3.8, 4) is 11.1 Å². The number of benzene rings is 2. The zero-order valence-electron chi connectivity index (χ0n) is 23.7. The van der Waals surface area contributed by atoms with Gasteiger partial charge in [0.05, 0.1) is 24.2 Å². The van der Waals surface area contributed by atoms with Gasteiger partial charge in [-0.1, -0.05) is 48.5 Å². The van der Waals surface area contributed by atoms with Gasteiger partial charge in [-0.05, 0) is 43.0 Å². The van der Waals surface area contributed by atoms with Crippen molar-refractivity contribution in [3.05, 3.63) is 77.9 Å². The maximum atomic E-state index is 13.0. The number of hydrogen-bond donors (Lipinski definition) is 5. The number of imidazole rings is 1. The third-order valence-electron chi connectivity index (χ3n) is 6.65. The van der Waals surface area contributed by atoms with Gasteiger partial charge in [0, 0.05) is 18.5 Å². The van der Waals surface area contributed by atoms with Crippen LogP contribution in [-0.4, -0.2) is 76.4 Å². The van der Waals surface area contributed by atoms with Gasteiger partial charge in [0.15, 0.2) is 0 Å². The second-order valence-electron chi connectivity index (χ2n) is 10.9. The molecule has 0 unspecified atom stereocenters. The fraction of sp³-hybridized carbons (Fsp3) is 0.367. The predicted octanol–water partition coefficient (Wildman–Crippen LogP) is 2.36. The predicted molar refractivity (Wildman–Crippen MR) is 153 cm³/mol. The van der Waals surface area contributed by atoms with Gasteiger partial charge in [-0.3, -0.25) is 9.59 Å². The van der Waals surface area contributed by atoms with Crippen LogP contribution in [-0.2, 0) is 30.3 Å². The number of fused-ring (bicyclic) bond motifs is 3. The molecule has 4 rings (SSSR count). The van der Waals surface area contributed by atoms with Crippen molar-refractivity contribution in [1.29, 1.82) is 0 Å². The van der Waals surface area contributed by atoms with Crippen LogP contribution in [0.15, 0.2) is 61.1 Å². The first-order chi connectivity index (χ1) is 20.0. The van der Waals surface area contributed by atoms with Crippen LogP contribution >= 0.6 is 0 Å². The third kappa shape index (κ3) is 7.94. The first-order valence-corrected chi connectivity index (χ1v) is 13.5. The molecular formula is C30H35N5O7. The van der Waals surface area contributed by atoms with Crippen LogP contribution in [0.1, 0.15) is 43.5 Å². The molecule has 3 amide bonds. The van der Waals surface area contributed by atoms with Gasteiger partial charge in [-0.15, -0.1) is 0 Å². The molecule has 2 aromatic carbocycles. The normalized spacial score (nSPS) is 13.8. The summed E-state index contributed by atoms with van der Waals surface area (Å²) in [6.07, 6.45) is 2.08. The van der Waals surface area contributed by atoms with E-state index in [2.05, 4.69) is 25.9 Å². The van der Waals surface area contributed by atoms with E-state index in [1.54, 1.807) is 20.8 Å². The Kier molecular flexibility index (Phi) is 9.58. The van der Waals surface area contributed by atoms with Crippen LogP contribution < -0.4 is 16.0 Å². The van der Waals surface area contributed by atoms with Gasteiger partial charge in [0.2, 0.25) is 11.8 Å². The largest absolute Gasteiger partial charge is 0.480 e. The molecule has 0 aliphatic heterocycles. The maximum Gasteiger partial charge on any atom is 0.407 e. The molecule has 5 N–H and O–H groups in total. The summed E-state index contributed by atoms with van der Waals surface area (Å²) in [5, 5.41) is 16.9. The number of amides is 3. The minimum absolute atomic E-state index is 0.0608. The first kappa shape index (κ1) is 30.3. The number of carboxylic acid groups (broad SMARTS) is 1. The molecule has 0 fully saturated rings. The molecule has 0 saturated heterocycles. The van der Waals surface area contributed by atoms with Gasteiger partial charge < -0.3 is 35.5 Å². The number of rotatable bonds is 12. The molecule has 0 spiro atoms. The average molecular weight is 578 g/mol. The van der Waals surface area contributed by atoms with E-state index in [1.807, 2.05) is 48.5 Å². The van der Waals surface area contributed by atoms with Crippen molar-refractivity contribution in [2.24, 2.45) is 0 Å². The van der Waals surface area contributed by atoms with Gasteiger partial charge in [-0.25, -0.2) is 14.6 Å². The van der Waals surface area contributed by atoms with Crippen molar-refractivity contribution < 1.29 is 33.8 Å². The van der Waals surface area contributed by atoms with Crippen LogP contribution in [0.4, 0.5) is 4.79 Å². The lowest BCUT2D eigenvalue weighted by molar-refractivity contribution is -0.143. The van der Waals surface area contributed by atoms with Crippen LogP contribution in [0, 0.1) is 0 Å². The molecule has 42 heavy (non-hydrogen) atoms. The van der Waals surface area contributed by atoms with E-state index < -0.39 is 48.1 Å². The summed E-state index contributed by atoms with van der Waals surface area (Å²) >= 11 is 0. The van der Waals surface area contributed by atoms with Crippen molar-refractivity contribution in [3.63, 3.8) is 0 Å². The zero-order chi connectivity index (χ0) is 30.3. The second-order valence-corrected chi connectivity index (χ2v) is 10.9. The zero-order valence-corrected chi connectivity index (χ0v) is 23.7. The number of aromatic nitrogens is 2. The summed E-state index contributed by atoms with van der Waals surface area (Å²) in [6.45, 7) is 4.73. The van der Waals surface area contributed by atoms with E-state index in [9.17, 15) is 24.3 Å². The molecule has 222 valence electrons. The van der Waals surface area contributed by atoms with Crippen molar-refractivity contribution in [2.45, 2.75) is 50.8 Å². The number of alkyl carbamates (subject to hydrolysis) is 1. The van der Waals surface area contributed by atoms with Crippen LogP contribution in [0.25, 0.3) is 11.1 Å². The SMILES string of the molecule is CC(C)(C)OC[C@H](NC(=O)CNC(=O)OCC1c2ccccc2-c2ccccc21)C(=O)N[C@@H](Cc1c[nH]cn1)C(=O)O. The topological polar surface area (TPSA) is 172 Å². The van der Waals surface area contributed by atoms with E-state index in [1.165, 1.54) is 12.5 Å². The van der Waals surface area contributed by atoms with Crippen LogP contribution in [0.2, 0.25) is 0 Å². The number of nitrogens with zero attached hydrogens (tertiary/aromatic N) is 1. The smallest absolute Gasteiger partial charge is 0.407 e. The molecule has 1 heterocycles. The monoisotopic (exact) mass is 577 g/mol. The second kappa shape index (κ2) is 13.3. The quantitative estimate of drug-likeness (QED) is 0.218. The Morgan fingerprint density at radius 2 is 1.62 bits per heavy atom. The first-order valence-electron chi connectivity index (χ1n) is 13.5. The maximum absolute atomic E-state index is 13.0. The highest BCUT2D eigenvalue weighted by Gasteiger charge is 2.30. The number of aliphatic carboxylic acids is 1. The summed E-state index contributed by atoms with van der Waals surface area (Å²) in [4.78, 5) is 56.7. The fourth-order valence-electron chi connectivity index (χ4n) is 4.65. The molecule has 1 aliphatic carbocycles. The van der Waals surface area contributed by atoms with E-state index in [0.717, 1.165) is 22.3 Å². The lowest BCUT2D eigenvalue weighted by atomic mass is 9.98. The Bertz CT molecular complexity index is 1370.